The largest absolute Gasteiger partial charge is 0.344 e. The van der Waals surface area contributed by atoms with Crippen molar-refractivity contribution in [1.29, 1.82) is 0 Å². The minimum Gasteiger partial charge on any atom is -0.344 e. The third kappa shape index (κ3) is 6.19. The van der Waals surface area contributed by atoms with Crippen LogP contribution in [0.15, 0.2) is 0 Å². The van der Waals surface area contributed by atoms with Crippen molar-refractivity contribution in [1.82, 2.24) is 12.3 Å². The molecular formula is C16H36N2. The average Bonchev–Trinajstić information content (AvgIpc) is 2.18. The predicted molar refractivity (Wildman–Crippen MR) is 81.7 cm³/mol. The van der Waals surface area contributed by atoms with Gasteiger partial charge in [0.05, 0.1) is 0 Å². The second kappa shape index (κ2) is 10.8. The lowest BCUT2D eigenvalue weighted by Gasteiger charge is -2.30. The molecule has 0 amide bonds. The first-order valence-corrected chi connectivity index (χ1v) is 7.97. The summed E-state index contributed by atoms with van der Waals surface area (Å²) in [5.74, 6) is 2.22. The van der Waals surface area contributed by atoms with Crippen LogP contribution in [0.5, 0.6) is 0 Å². The summed E-state index contributed by atoms with van der Waals surface area (Å²) in [6, 6.07) is 0. The van der Waals surface area contributed by atoms with E-state index in [0.29, 0.717) is 0 Å². The Morgan fingerprint density at radius 1 is 0.333 bits per heavy atom. The first kappa shape index (κ1) is 17.9. The van der Waals surface area contributed by atoms with Crippen LogP contribution in [-0.2, 0) is 0 Å². The van der Waals surface area contributed by atoms with E-state index in [1.807, 2.05) is 0 Å². The Balaban J connectivity index is 0.00000144. The molecule has 0 aromatic heterocycles. The highest BCUT2D eigenvalue weighted by atomic mass is 14.3. The van der Waals surface area contributed by atoms with Crippen LogP contribution >= 0.6 is 0 Å². The van der Waals surface area contributed by atoms with Crippen molar-refractivity contribution in [3.63, 3.8) is 0 Å². The van der Waals surface area contributed by atoms with E-state index >= 15 is 0 Å². The van der Waals surface area contributed by atoms with E-state index < -0.39 is 0 Å². The minimum absolute atomic E-state index is 0. The molecule has 0 spiro atoms. The predicted octanol–water partition coefficient (Wildman–Crippen LogP) is 6.03. The Morgan fingerprint density at radius 2 is 0.556 bits per heavy atom. The van der Waals surface area contributed by atoms with Crippen LogP contribution in [0.4, 0.5) is 0 Å². The maximum atomic E-state index is 1.56. The molecule has 18 heavy (non-hydrogen) atoms. The van der Waals surface area contributed by atoms with E-state index in [2.05, 4.69) is 0 Å². The topological polar surface area (TPSA) is 70.0 Å². The fourth-order valence-electron chi connectivity index (χ4n) is 3.92. The molecule has 0 atom stereocenters. The van der Waals surface area contributed by atoms with Gasteiger partial charge in [0.25, 0.3) is 0 Å². The molecule has 0 radical (unpaired) electrons. The molecule has 0 saturated heterocycles. The van der Waals surface area contributed by atoms with Crippen LogP contribution in [0.25, 0.3) is 0 Å². The zero-order valence-electron chi connectivity index (χ0n) is 12.5. The maximum absolute atomic E-state index is 1.56. The molecule has 2 fully saturated rings. The van der Waals surface area contributed by atoms with Crippen LogP contribution in [-0.4, -0.2) is 0 Å². The number of hydrogen-bond acceptors (Lipinski definition) is 2. The first-order valence-electron chi connectivity index (χ1n) is 7.97. The quantitative estimate of drug-likeness (QED) is 0.601. The van der Waals surface area contributed by atoms with Crippen molar-refractivity contribution in [3.8, 4) is 0 Å². The van der Waals surface area contributed by atoms with E-state index in [4.69, 9.17) is 0 Å². The summed E-state index contributed by atoms with van der Waals surface area (Å²) in [5.41, 5.74) is 0. The van der Waals surface area contributed by atoms with Crippen molar-refractivity contribution in [3.05, 3.63) is 0 Å². The van der Waals surface area contributed by atoms with Crippen molar-refractivity contribution in [2.45, 2.75) is 89.9 Å². The molecule has 2 nitrogen and oxygen atoms in total. The molecular weight excluding hydrogens is 220 g/mol. The highest BCUT2D eigenvalue weighted by Gasteiger charge is 2.22. The third-order valence-corrected chi connectivity index (χ3v) is 4.97. The highest BCUT2D eigenvalue weighted by molar-refractivity contribution is 4.74. The second-order valence-corrected chi connectivity index (χ2v) is 6.21. The van der Waals surface area contributed by atoms with Crippen molar-refractivity contribution < 1.29 is 0 Å². The van der Waals surface area contributed by atoms with Crippen LogP contribution < -0.4 is 12.3 Å². The maximum Gasteiger partial charge on any atom is -0.0386 e. The Kier molecular flexibility index (Phi) is 10.8. The van der Waals surface area contributed by atoms with E-state index in [0.717, 1.165) is 11.8 Å². The Morgan fingerprint density at radius 3 is 0.833 bits per heavy atom. The van der Waals surface area contributed by atoms with Crippen LogP contribution in [0.3, 0.4) is 0 Å². The number of rotatable bonds is 1. The summed E-state index contributed by atoms with van der Waals surface area (Å²) in [6.45, 7) is 0. The first-order chi connectivity index (χ1) is 7.97. The Bertz CT molecular complexity index is 146. The van der Waals surface area contributed by atoms with Gasteiger partial charge in [-0.05, 0) is 11.8 Å². The standard InChI is InChI=1S/C16H30.2H3N/c1-3-7-11-15(12-8-4-1)16-13-9-5-2-6-10-14-16;;/h15-16H,1-14H2;2*1H3. The average molecular weight is 256 g/mol. The molecule has 110 valence electrons. The van der Waals surface area contributed by atoms with Gasteiger partial charge in [0, 0.05) is 0 Å². The molecule has 0 aromatic carbocycles. The van der Waals surface area contributed by atoms with Gasteiger partial charge in [0.15, 0.2) is 0 Å². The van der Waals surface area contributed by atoms with E-state index in [1.54, 1.807) is 25.7 Å². The molecule has 2 rings (SSSR count). The summed E-state index contributed by atoms with van der Waals surface area (Å²) < 4.78 is 0. The lowest BCUT2D eigenvalue weighted by molar-refractivity contribution is 0.221. The van der Waals surface area contributed by atoms with Crippen LogP contribution in [0.1, 0.15) is 89.9 Å². The van der Waals surface area contributed by atoms with Crippen LogP contribution in [0.2, 0.25) is 0 Å². The van der Waals surface area contributed by atoms with Gasteiger partial charge in [-0.2, -0.15) is 0 Å². The summed E-state index contributed by atoms with van der Waals surface area (Å²) in [6.07, 6.45) is 21.4. The number of hydrogen-bond donors (Lipinski definition) is 2. The normalized spacial score (nSPS) is 24.7. The zero-order chi connectivity index (χ0) is 11.1. The highest BCUT2D eigenvalue weighted by Crippen LogP contribution is 2.35. The van der Waals surface area contributed by atoms with E-state index in [-0.39, 0.29) is 12.3 Å². The summed E-state index contributed by atoms with van der Waals surface area (Å²) in [7, 11) is 0. The van der Waals surface area contributed by atoms with Gasteiger partial charge in [-0.25, -0.2) is 0 Å². The molecule has 0 unspecified atom stereocenters. The van der Waals surface area contributed by atoms with Gasteiger partial charge >= 0.3 is 0 Å². The van der Waals surface area contributed by atoms with Gasteiger partial charge in [-0.1, -0.05) is 89.9 Å². The Labute approximate surface area is 114 Å². The third-order valence-electron chi connectivity index (χ3n) is 4.97. The molecule has 6 N–H and O–H groups in total. The van der Waals surface area contributed by atoms with Gasteiger partial charge in [-0.15, -0.1) is 0 Å². The van der Waals surface area contributed by atoms with Gasteiger partial charge in [0.1, 0.15) is 0 Å². The molecule has 0 bridgehead atoms. The molecule has 2 aliphatic rings. The van der Waals surface area contributed by atoms with Gasteiger partial charge < -0.3 is 12.3 Å². The lowest BCUT2D eigenvalue weighted by atomic mass is 9.76. The molecule has 0 aromatic rings. The molecule has 2 aliphatic carbocycles. The van der Waals surface area contributed by atoms with E-state index in [1.165, 1.54) is 64.2 Å². The molecule has 0 aliphatic heterocycles. The van der Waals surface area contributed by atoms with Crippen molar-refractivity contribution in [2.75, 3.05) is 0 Å². The molecule has 0 heterocycles. The zero-order valence-corrected chi connectivity index (χ0v) is 12.5. The van der Waals surface area contributed by atoms with Crippen LogP contribution in [0, 0.1) is 11.8 Å². The summed E-state index contributed by atoms with van der Waals surface area (Å²) in [5, 5.41) is 0. The van der Waals surface area contributed by atoms with Gasteiger partial charge in [0.2, 0.25) is 0 Å². The molecule has 2 heteroatoms. The fraction of sp³-hybridized carbons (Fsp3) is 1.00. The fourth-order valence-corrected chi connectivity index (χ4v) is 3.92. The van der Waals surface area contributed by atoms with Gasteiger partial charge in [-0.3, -0.25) is 0 Å². The monoisotopic (exact) mass is 256 g/mol. The molecule has 2 saturated carbocycles. The minimum atomic E-state index is 0. The Hall–Kier alpha value is -0.0800. The van der Waals surface area contributed by atoms with E-state index in [9.17, 15) is 0 Å². The van der Waals surface area contributed by atoms with Crippen molar-refractivity contribution >= 4 is 0 Å². The second-order valence-electron chi connectivity index (χ2n) is 6.21. The summed E-state index contributed by atoms with van der Waals surface area (Å²) >= 11 is 0. The smallest absolute Gasteiger partial charge is 0.0386 e. The van der Waals surface area contributed by atoms with Crippen molar-refractivity contribution in [2.24, 2.45) is 11.8 Å². The lowest BCUT2D eigenvalue weighted by Crippen LogP contribution is -2.17. The SMILES string of the molecule is C1CCCC(C2CCCCCCC2)CCC1.N.N. The summed E-state index contributed by atoms with van der Waals surface area (Å²) in [4.78, 5) is 0.